The molecule has 0 saturated heterocycles. The smallest absolute Gasteiger partial charge is 0.0293 e. The monoisotopic (exact) mass is 388 g/mol. The van der Waals surface area contributed by atoms with Gasteiger partial charge in [-0.3, -0.25) is 0 Å². The van der Waals surface area contributed by atoms with Crippen molar-refractivity contribution in [1.29, 1.82) is 0 Å². The molecule has 1 rings (SSSR count). The first-order valence-electron chi connectivity index (χ1n) is 3.15. The van der Waals surface area contributed by atoms with Gasteiger partial charge in [0.2, 0.25) is 0 Å². The van der Waals surface area contributed by atoms with Gasteiger partial charge in [-0.15, -0.1) is 0 Å². The number of hydrogen-bond donors (Lipinski definition) is 0. The highest BCUT2D eigenvalue weighted by Gasteiger charge is 2.01. The van der Waals surface area contributed by atoms with Crippen molar-refractivity contribution in [1.82, 2.24) is 0 Å². The summed E-state index contributed by atoms with van der Waals surface area (Å²) in [6, 6.07) is 4.34. The van der Waals surface area contributed by atoms with Crippen LogP contribution in [-0.4, -0.2) is 0 Å². The Morgan fingerprint density at radius 1 is 1.45 bits per heavy atom. The molecule has 3 heteroatoms. The molecule has 0 aliphatic carbocycles. The van der Waals surface area contributed by atoms with Crippen molar-refractivity contribution in [3.8, 4) is 0 Å². The molecule has 0 N–H and O–H groups in total. The van der Waals surface area contributed by atoms with Crippen LogP contribution in [0.2, 0.25) is 0 Å². The van der Waals surface area contributed by atoms with Crippen LogP contribution < -0.4 is 0 Å². The zero-order valence-electron chi connectivity index (χ0n) is 6.00. The summed E-state index contributed by atoms with van der Waals surface area (Å²) >= 11 is 9.28. The van der Waals surface area contributed by atoms with E-state index < -0.39 is 0 Å². The van der Waals surface area contributed by atoms with E-state index >= 15 is 0 Å². The maximum Gasteiger partial charge on any atom is 0.0293 e. The van der Waals surface area contributed by atoms with E-state index in [-0.39, 0.29) is 0 Å². The summed E-state index contributed by atoms with van der Waals surface area (Å²) in [6.45, 7) is 2.10. The zero-order chi connectivity index (χ0) is 8.43. The molecule has 11 heavy (non-hydrogen) atoms. The van der Waals surface area contributed by atoms with Gasteiger partial charge in [-0.25, -0.2) is 0 Å². The fourth-order valence-electron chi connectivity index (χ4n) is 0.819. The SMILES string of the molecule is Cc1cc(CBr)c(I)cc1Br. The molecule has 1 aromatic carbocycles. The van der Waals surface area contributed by atoms with Crippen LogP contribution in [0.4, 0.5) is 0 Å². The average Bonchev–Trinajstić information content (AvgIpc) is 1.97. The van der Waals surface area contributed by atoms with Crippen molar-refractivity contribution < 1.29 is 0 Å². The third-order valence-electron chi connectivity index (χ3n) is 1.47. The first kappa shape index (κ1) is 9.99. The molecule has 0 nitrogen and oxygen atoms in total. The summed E-state index contributed by atoms with van der Waals surface area (Å²) in [5.74, 6) is 0. The van der Waals surface area contributed by atoms with Crippen LogP contribution in [0.25, 0.3) is 0 Å². The van der Waals surface area contributed by atoms with Gasteiger partial charge in [0.25, 0.3) is 0 Å². The van der Waals surface area contributed by atoms with Crippen molar-refractivity contribution in [3.05, 3.63) is 31.3 Å². The highest BCUT2D eigenvalue weighted by Crippen LogP contribution is 2.24. The summed E-state index contributed by atoms with van der Waals surface area (Å²) < 4.78 is 2.49. The number of hydrogen-bond acceptors (Lipinski definition) is 0. The molecule has 1 aromatic rings. The van der Waals surface area contributed by atoms with Crippen LogP contribution in [0.1, 0.15) is 11.1 Å². The predicted molar refractivity (Wildman–Crippen MR) is 64.2 cm³/mol. The Bertz CT molecular complexity index is 271. The molecule has 0 bridgehead atoms. The first-order valence-corrected chi connectivity index (χ1v) is 6.15. The topological polar surface area (TPSA) is 0 Å². The van der Waals surface area contributed by atoms with Crippen LogP contribution in [-0.2, 0) is 5.33 Å². The minimum atomic E-state index is 0.930. The Morgan fingerprint density at radius 2 is 2.09 bits per heavy atom. The minimum absolute atomic E-state index is 0.930. The number of aryl methyl sites for hydroxylation is 1. The first-order chi connectivity index (χ1) is 5.15. The lowest BCUT2D eigenvalue weighted by atomic mass is 10.2. The molecule has 0 amide bonds. The number of halogens is 3. The highest BCUT2D eigenvalue weighted by molar-refractivity contribution is 14.1. The minimum Gasteiger partial charge on any atom is -0.0876 e. The van der Waals surface area contributed by atoms with Crippen molar-refractivity contribution in [2.24, 2.45) is 0 Å². The predicted octanol–water partition coefficient (Wildman–Crippen LogP) is 4.26. The lowest BCUT2D eigenvalue weighted by Gasteiger charge is -2.03. The molecule has 0 aliphatic rings. The quantitative estimate of drug-likeness (QED) is 0.497. The van der Waals surface area contributed by atoms with Gasteiger partial charge < -0.3 is 0 Å². The molecular formula is C8H7Br2I. The maximum atomic E-state index is 3.49. The third-order valence-corrected chi connectivity index (χ3v) is 3.93. The van der Waals surface area contributed by atoms with Crippen molar-refractivity contribution in [3.63, 3.8) is 0 Å². The Kier molecular flexibility index (Phi) is 3.85. The van der Waals surface area contributed by atoms with Gasteiger partial charge in [-0.1, -0.05) is 37.9 Å². The summed E-state index contributed by atoms with van der Waals surface area (Å²) in [6.07, 6.45) is 0. The molecule has 0 saturated carbocycles. The van der Waals surface area contributed by atoms with Crippen molar-refractivity contribution in [2.75, 3.05) is 0 Å². The second-order valence-electron chi connectivity index (χ2n) is 2.33. The maximum absolute atomic E-state index is 3.49. The van der Waals surface area contributed by atoms with E-state index in [1.165, 1.54) is 19.2 Å². The van der Waals surface area contributed by atoms with E-state index in [4.69, 9.17) is 0 Å². The number of alkyl halides is 1. The van der Waals surface area contributed by atoms with Crippen LogP contribution >= 0.6 is 54.5 Å². The Hall–Kier alpha value is 0.910. The van der Waals surface area contributed by atoms with Crippen LogP contribution in [0.5, 0.6) is 0 Å². The lowest BCUT2D eigenvalue weighted by molar-refractivity contribution is 1.31. The lowest BCUT2D eigenvalue weighted by Crippen LogP contribution is -1.86. The highest BCUT2D eigenvalue weighted by atomic mass is 127. The molecular weight excluding hydrogens is 383 g/mol. The van der Waals surface area contributed by atoms with Gasteiger partial charge in [0.05, 0.1) is 0 Å². The van der Waals surface area contributed by atoms with Gasteiger partial charge in [0, 0.05) is 13.4 Å². The molecule has 0 atom stereocenters. The summed E-state index contributed by atoms with van der Waals surface area (Å²) in [4.78, 5) is 0. The Morgan fingerprint density at radius 3 is 2.64 bits per heavy atom. The van der Waals surface area contributed by atoms with Gasteiger partial charge >= 0.3 is 0 Å². The molecule has 0 aromatic heterocycles. The molecule has 60 valence electrons. The van der Waals surface area contributed by atoms with E-state index in [0.29, 0.717) is 0 Å². The van der Waals surface area contributed by atoms with E-state index in [0.717, 1.165) is 5.33 Å². The van der Waals surface area contributed by atoms with E-state index in [1.807, 2.05) is 0 Å². The molecule has 0 spiro atoms. The zero-order valence-corrected chi connectivity index (χ0v) is 11.3. The van der Waals surface area contributed by atoms with Gasteiger partial charge in [0.1, 0.15) is 0 Å². The van der Waals surface area contributed by atoms with Gasteiger partial charge in [-0.05, 0) is 46.7 Å². The van der Waals surface area contributed by atoms with Gasteiger partial charge in [0.15, 0.2) is 0 Å². The van der Waals surface area contributed by atoms with Crippen LogP contribution in [0.3, 0.4) is 0 Å². The largest absolute Gasteiger partial charge is 0.0876 e. The molecule has 0 aliphatic heterocycles. The van der Waals surface area contributed by atoms with E-state index in [1.54, 1.807) is 0 Å². The molecule has 0 radical (unpaired) electrons. The fourth-order valence-corrected chi connectivity index (χ4v) is 3.24. The van der Waals surface area contributed by atoms with Crippen LogP contribution in [0, 0.1) is 10.5 Å². The average molecular weight is 390 g/mol. The van der Waals surface area contributed by atoms with E-state index in [2.05, 4.69) is 73.5 Å². The molecule has 0 heterocycles. The second-order valence-corrected chi connectivity index (χ2v) is 4.90. The van der Waals surface area contributed by atoms with Gasteiger partial charge in [-0.2, -0.15) is 0 Å². The molecule has 0 fully saturated rings. The third kappa shape index (κ3) is 2.42. The standard InChI is InChI=1S/C8H7Br2I/c1-5-2-6(4-9)8(11)3-7(5)10/h2-3H,4H2,1H3. The second kappa shape index (κ2) is 4.23. The summed E-state index contributed by atoms with van der Waals surface area (Å²) in [5, 5.41) is 0.930. The van der Waals surface area contributed by atoms with Crippen molar-refractivity contribution >= 4 is 54.5 Å². The Balaban J connectivity index is 3.21. The van der Waals surface area contributed by atoms with E-state index in [9.17, 15) is 0 Å². The fraction of sp³-hybridized carbons (Fsp3) is 0.250. The molecule has 0 unspecified atom stereocenters. The summed E-state index contributed by atoms with van der Waals surface area (Å²) in [5.41, 5.74) is 2.64. The summed E-state index contributed by atoms with van der Waals surface area (Å²) in [7, 11) is 0. The Labute approximate surface area is 97.2 Å². The number of benzene rings is 1. The van der Waals surface area contributed by atoms with Crippen molar-refractivity contribution in [2.45, 2.75) is 12.3 Å². The van der Waals surface area contributed by atoms with Crippen LogP contribution in [0.15, 0.2) is 16.6 Å². The normalized spacial score (nSPS) is 10.2. The number of rotatable bonds is 1.